The quantitative estimate of drug-likeness (QED) is 0.479. The normalized spacial score (nSPS) is 10.7. The van der Waals surface area contributed by atoms with Crippen LogP contribution >= 0.6 is 22.6 Å². The van der Waals surface area contributed by atoms with E-state index < -0.39 is 17.6 Å². The Hall–Kier alpha value is -1.35. The van der Waals surface area contributed by atoms with E-state index >= 15 is 0 Å². The van der Waals surface area contributed by atoms with Crippen molar-refractivity contribution in [2.45, 2.75) is 19.4 Å². The van der Waals surface area contributed by atoms with Crippen molar-refractivity contribution in [1.82, 2.24) is 5.48 Å². The SMILES string of the molecule is COC(=O)C(C)(C)ONC(=O)Nc1cccc(I)c1. The van der Waals surface area contributed by atoms with E-state index in [0.29, 0.717) is 5.69 Å². The molecule has 0 atom stereocenters. The summed E-state index contributed by atoms with van der Waals surface area (Å²) in [6, 6.07) is 6.69. The van der Waals surface area contributed by atoms with Crippen LogP contribution < -0.4 is 10.8 Å². The molecule has 1 rings (SSSR count). The van der Waals surface area contributed by atoms with Crippen molar-refractivity contribution < 1.29 is 19.2 Å². The zero-order chi connectivity index (χ0) is 14.5. The number of nitrogens with one attached hydrogen (secondary N) is 2. The van der Waals surface area contributed by atoms with Gasteiger partial charge in [0.25, 0.3) is 0 Å². The van der Waals surface area contributed by atoms with Gasteiger partial charge in [-0.05, 0) is 54.6 Å². The third-order valence-electron chi connectivity index (χ3n) is 2.16. The molecule has 0 aromatic heterocycles. The molecule has 0 aliphatic carbocycles. The number of rotatable bonds is 4. The molecule has 19 heavy (non-hydrogen) atoms. The Kier molecular flexibility index (Phi) is 5.55. The lowest BCUT2D eigenvalue weighted by Crippen LogP contribution is -2.44. The molecule has 0 unspecified atom stereocenters. The molecule has 104 valence electrons. The highest BCUT2D eigenvalue weighted by molar-refractivity contribution is 14.1. The first-order chi connectivity index (χ1) is 8.85. The van der Waals surface area contributed by atoms with Gasteiger partial charge in [0.15, 0.2) is 5.60 Å². The fourth-order valence-electron chi connectivity index (χ4n) is 1.18. The number of urea groups is 1. The van der Waals surface area contributed by atoms with Crippen molar-refractivity contribution in [3.8, 4) is 0 Å². The lowest BCUT2D eigenvalue weighted by Gasteiger charge is -2.21. The van der Waals surface area contributed by atoms with E-state index in [9.17, 15) is 9.59 Å². The van der Waals surface area contributed by atoms with E-state index in [4.69, 9.17) is 4.84 Å². The minimum Gasteiger partial charge on any atom is -0.467 e. The number of ether oxygens (including phenoxy) is 1. The second kappa shape index (κ2) is 6.71. The van der Waals surface area contributed by atoms with Crippen molar-refractivity contribution in [2.75, 3.05) is 12.4 Å². The predicted molar refractivity (Wildman–Crippen MR) is 78.5 cm³/mol. The van der Waals surface area contributed by atoms with Gasteiger partial charge in [-0.3, -0.25) is 4.84 Å². The highest BCUT2D eigenvalue weighted by Gasteiger charge is 2.31. The fraction of sp³-hybridized carbons (Fsp3) is 0.333. The van der Waals surface area contributed by atoms with Crippen LogP contribution in [0.2, 0.25) is 0 Å². The Morgan fingerprint density at radius 3 is 2.58 bits per heavy atom. The first-order valence-electron chi connectivity index (χ1n) is 5.44. The van der Waals surface area contributed by atoms with Gasteiger partial charge >= 0.3 is 12.0 Å². The molecule has 0 heterocycles. The van der Waals surface area contributed by atoms with Crippen molar-refractivity contribution in [1.29, 1.82) is 0 Å². The molecule has 6 nitrogen and oxygen atoms in total. The Labute approximate surface area is 124 Å². The van der Waals surface area contributed by atoms with Crippen LogP contribution in [0.3, 0.4) is 0 Å². The van der Waals surface area contributed by atoms with Gasteiger partial charge in [0, 0.05) is 9.26 Å². The van der Waals surface area contributed by atoms with Crippen LogP contribution in [0.15, 0.2) is 24.3 Å². The maximum Gasteiger partial charge on any atom is 0.343 e. The van der Waals surface area contributed by atoms with Gasteiger partial charge in [-0.15, -0.1) is 0 Å². The van der Waals surface area contributed by atoms with E-state index in [-0.39, 0.29) is 0 Å². The van der Waals surface area contributed by atoms with Crippen LogP contribution in [0, 0.1) is 3.57 Å². The van der Waals surface area contributed by atoms with Gasteiger partial charge in [-0.1, -0.05) is 6.07 Å². The number of amides is 2. The first-order valence-corrected chi connectivity index (χ1v) is 6.52. The minimum absolute atomic E-state index is 0.570. The van der Waals surface area contributed by atoms with Gasteiger partial charge in [0.2, 0.25) is 0 Å². The van der Waals surface area contributed by atoms with Crippen LogP contribution in [0.5, 0.6) is 0 Å². The molecule has 0 spiro atoms. The highest BCUT2D eigenvalue weighted by atomic mass is 127. The number of halogens is 1. The van der Waals surface area contributed by atoms with Crippen molar-refractivity contribution in [3.05, 3.63) is 27.8 Å². The van der Waals surface area contributed by atoms with Crippen LogP contribution in [0.25, 0.3) is 0 Å². The third kappa shape index (κ3) is 5.03. The summed E-state index contributed by atoms with van der Waals surface area (Å²) in [6.07, 6.45) is 0. The zero-order valence-electron chi connectivity index (χ0n) is 10.8. The number of carbonyl (C=O) groups is 2. The van der Waals surface area contributed by atoms with Crippen LogP contribution in [-0.4, -0.2) is 24.7 Å². The molecule has 0 saturated carbocycles. The Bertz CT molecular complexity index is 477. The van der Waals surface area contributed by atoms with Gasteiger partial charge in [0.1, 0.15) is 0 Å². The smallest absolute Gasteiger partial charge is 0.343 e. The molecule has 0 aliphatic rings. The number of hydroxylamine groups is 1. The Morgan fingerprint density at radius 1 is 1.32 bits per heavy atom. The summed E-state index contributed by atoms with van der Waals surface area (Å²) in [5.74, 6) is -0.581. The monoisotopic (exact) mass is 378 g/mol. The van der Waals surface area contributed by atoms with Crippen LogP contribution in [0.1, 0.15) is 13.8 Å². The standard InChI is InChI=1S/C12H15IN2O4/c1-12(2,10(16)18-3)19-15-11(17)14-9-6-4-5-8(13)7-9/h4-7H,1-3H3,(H2,14,15,17). The summed E-state index contributed by atoms with van der Waals surface area (Å²) in [4.78, 5) is 27.9. The molecule has 0 fully saturated rings. The number of hydrogen-bond acceptors (Lipinski definition) is 4. The summed E-state index contributed by atoms with van der Waals surface area (Å²) >= 11 is 2.14. The summed E-state index contributed by atoms with van der Waals surface area (Å²) in [6.45, 7) is 2.98. The van der Waals surface area contributed by atoms with Crippen LogP contribution in [0.4, 0.5) is 10.5 Å². The average molecular weight is 378 g/mol. The summed E-state index contributed by atoms with van der Waals surface area (Å²) in [5.41, 5.74) is 1.53. The summed E-state index contributed by atoms with van der Waals surface area (Å²) in [7, 11) is 1.25. The number of benzene rings is 1. The zero-order valence-corrected chi connectivity index (χ0v) is 13.0. The second-order valence-corrected chi connectivity index (χ2v) is 5.42. The second-order valence-electron chi connectivity index (χ2n) is 4.17. The third-order valence-corrected chi connectivity index (χ3v) is 2.83. The number of esters is 1. The molecule has 0 radical (unpaired) electrons. The predicted octanol–water partition coefficient (Wildman–Crippen LogP) is 2.30. The maximum atomic E-state index is 11.6. The molecule has 0 saturated heterocycles. The van der Waals surface area contributed by atoms with E-state index in [1.54, 1.807) is 12.1 Å². The van der Waals surface area contributed by atoms with Crippen molar-refractivity contribution in [2.24, 2.45) is 0 Å². The van der Waals surface area contributed by atoms with Crippen molar-refractivity contribution >= 4 is 40.3 Å². The maximum absolute atomic E-state index is 11.6. The van der Waals surface area contributed by atoms with Crippen LogP contribution in [-0.2, 0) is 14.4 Å². The largest absolute Gasteiger partial charge is 0.467 e. The van der Waals surface area contributed by atoms with E-state index in [1.807, 2.05) is 12.1 Å². The Morgan fingerprint density at radius 2 is 2.00 bits per heavy atom. The first kappa shape index (κ1) is 15.7. The molecule has 0 bridgehead atoms. The van der Waals surface area contributed by atoms with E-state index in [2.05, 4.69) is 38.1 Å². The number of hydrogen-bond donors (Lipinski definition) is 2. The molecule has 0 aliphatic heterocycles. The number of methoxy groups -OCH3 is 1. The minimum atomic E-state index is -1.25. The van der Waals surface area contributed by atoms with E-state index in [1.165, 1.54) is 21.0 Å². The fourth-order valence-corrected chi connectivity index (χ4v) is 1.73. The van der Waals surface area contributed by atoms with Gasteiger partial charge < -0.3 is 10.1 Å². The van der Waals surface area contributed by atoms with Gasteiger partial charge in [0.05, 0.1) is 7.11 Å². The summed E-state index contributed by atoms with van der Waals surface area (Å²) in [5, 5.41) is 2.58. The molecule has 1 aromatic rings. The molecular weight excluding hydrogens is 363 g/mol. The average Bonchev–Trinajstić information content (AvgIpc) is 2.35. The van der Waals surface area contributed by atoms with Gasteiger partial charge in [-0.2, -0.15) is 0 Å². The molecule has 7 heteroatoms. The number of anilines is 1. The summed E-state index contributed by atoms with van der Waals surface area (Å²) < 4.78 is 5.54. The lowest BCUT2D eigenvalue weighted by atomic mass is 10.1. The molecular formula is C12H15IN2O4. The van der Waals surface area contributed by atoms with Gasteiger partial charge in [-0.25, -0.2) is 15.1 Å². The lowest BCUT2D eigenvalue weighted by molar-refractivity contribution is -0.170. The molecule has 1 aromatic carbocycles. The topological polar surface area (TPSA) is 76.7 Å². The van der Waals surface area contributed by atoms with Crippen molar-refractivity contribution in [3.63, 3.8) is 0 Å². The molecule has 2 amide bonds. The Balaban J connectivity index is 2.51. The number of carbonyl (C=O) groups excluding carboxylic acids is 2. The molecule has 2 N–H and O–H groups in total. The highest BCUT2D eigenvalue weighted by Crippen LogP contribution is 2.13. The van der Waals surface area contributed by atoms with E-state index in [0.717, 1.165) is 3.57 Å².